The van der Waals surface area contributed by atoms with Crippen LogP contribution in [0.25, 0.3) is 0 Å². The molecule has 0 spiro atoms. The summed E-state index contributed by atoms with van der Waals surface area (Å²) in [6.45, 7) is 4.41. The molecule has 26 heavy (non-hydrogen) atoms. The normalized spacial score (nSPS) is 11.1. The molecule has 0 fully saturated rings. The number of anilines is 1. The van der Waals surface area contributed by atoms with Crippen molar-refractivity contribution in [2.24, 2.45) is 0 Å². The van der Waals surface area contributed by atoms with Crippen LogP contribution in [-0.2, 0) is 21.5 Å². The third-order valence-electron chi connectivity index (χ3n) is 3.84. The Hall–Kier alpha value is -1.71. The zero-order valence-corrected chi connectivity index (χ0v) is 17.0. The number of benzene rings is 1. The van der Waals surface area contributed by atoms with Crippen LogP contribution in [0.5, 0.6) is 0 Å². The summed E-state index contributed by atoms with van der Waals surface area (Å²) in [7, 11) is -2.77. The maximum absolute atomic E-state index is 12.7. The van der Waals surface area contributed by atoms with Crippen LogP contribution < -0.4 is 10.0 Å². The lowest BCUT2D eigenvalue weighted by Gasteiger charge is -2.23. The molecule has 9 heteroatoms. The molecule has 0 heterocycles. The van der Waals surface area contributed by atoms with E-state index >= 15 is 0 Å². The Morgan fingerprint density at radius 2 is 1.96 bits per heavy atom. The van der Waals surface area contributed by atoms with Crippen LogP contribution in [-0.4, -0.2) is 42.5 Å². The van der Waals surface area contributed by atoms with Gasteiger partial charge in [-0.1, -0.05) is 38.3 Å². The highest BCUT2D eigenvalue weighted by Gasteiger charge is 2.20. The minimum absolute atomic E-state index is 0.0340. The van der Waals surface area contributed by atoms with E-state index < -0.39 is 10.3 Å². The van der Waals surface area contributed by atoms with Crippen LogP contribution in [0.2, 0.25) is 0 Å². The lowest BCUT2D eigenvalue weighted by molar-refractivity contribution is -0.126. The molecule has 1 amide bonds. The molecule has 1 rings (SSSR count). The Balaban J connectivity index is 2.95. The number of nitrogens with one attached hydrogen (secondary N) is 2. The first-order valence-electron chi connectivity index (χ1n) is 8.54. The van der Waals surface area contributed by atoms with Crippen LogP contribution in [0.1, 0.15) is 43.7 Å². The fraction of sp³-hybridized carbons (Fsp3) is 0.529. The van der Waals surface area contributed by atoms with Crippen LogP contribution >= 0.6 is 12.2 Å². The van der Waals surface area contributed by atoms with E-state index in [0.29, 0.717) is 17.2 Å². The molecule has 0 aliphatic heterocycles. The SMILES string of the molecule is CCCCCCN(C(=O)Cc1ccc(C)cc1NS(=O)(=O)O)C(=S)NC. The van der Waals surface area contributed by atoms with Crippen molar-refractivity contribution in [3.63, 3.8) is 0 Å². The Morgan fingerprint density at radius 1 is 1.27 bits per heavy atom. The van der Waals surface area contributed by atoms with E-state index in [9.17, 15) is 13.2 Å². The number of thiocarbonyl (C=S) groups is 1. The Kier molecular flexibility index (Phi) is 8.97. The summed E-state index contributed by atoms with van der Waals surface area (Å²) < 4.78 is 33.4. The van der Waals surface area contributed by atoms with Crippen molar-refractivity contribution in [3.8, 4) is 0 Å². The fourth-order valence-corrected chi connectivity index (χ4v) is 3.17. The molecule has 0 radical (unpaired) electrons. The van der Waals surface area contributed by atoms with Crippen molar-refractivity contribution in [2.75, 3.05) is 18.3 Å². The second-order valence-electron chi connectivity index (χ2n) is 6.08. The van der Waals surface area contributed by atoms with Crippen molar-refractivity contribution >= 4 is 39.2 Å². The molecule has 0 bridgehead atoms. The minimum Gasteiger partial charge on any atom is -0.365 e. The summed E-state index contributed by atoms with van der Waals surface area (Å²) in [6, 6.07) is 5.01. The Bertz CT molecular complexity index is 736. The van der Waals surface area contributed by atoms with Crippen molar-refractivity contribution in [1.29, 1.82) is 0 Å². The number of rotatable bonds is 9. The number of carbonyl (C=O) groups is 1. The molecule has 0 aliphatic carbocycles. The van der Waals surface area contributed by atoms with Crippen molar-refractivity contribution in [3.05, 3.63) is 29.3 Å². The molecule has 0 atom stereocenters. The average molecular weight is 402 g/mol. The van der Waals surface area contributed by atoms with Gasteiger partial charge >= 0.3 is 10.3 Å². The number of hydrogen-bond acceptors (Lipinski definition) is 4. The number of amides is 1. The van der Waals surface area contributed by atoms with E-state index in [1.54, 1.807) is 32.2 Å². The summed E-state index contributed by atoms with van der Waals surface area (Å²) in [5.74, 6) is -0.233. The average Bonchev–Trinajstić information content (AvgIpc) is 2.55. The molecule has 0 saturated heterocycles. The van der Waals surface area contributed by atoms with E-state index in [4.69, 9.17) is 16.8 Å². The van der Waals surface area contributed by atoms with Crippen molar-refractivity contribution in [2.45, 2.75) is 46.0 Å². The minimum atomic E-state index is -4.43. The second-order valence-corrected chi connectivity index (χ2v) is 7.62. The lowest BCUT2D eigenvalue weighted by atomic mass is 10.1. The van der Waals surface area contributed by atoms with Gasteiger partial charge in [0.15, 0.2) is 5.11 Å². The number of aryl methyl sites for hydroxylation is 1. The van der Waals surface area contributed by atoms with E-state index in [1.165, 1.54) is 4.90 Å². The molecule has 146 valence electrons. The van der Waals surface area contributed by atoms with Gasteiger partial charge in [0.2, 0.25) is 5.91 Å². The molecular formula is C17H27N3O4S2. The molecule has 1 aromatic rings. The zero-order valence-electron chi connectivity index (χ0n) is 15.4. The molecule has 0 aromatic heterocycles. The smallest absolute Gasteiger partial charge is 0.357 e. The number of unbranched alkanes of at least 4 members (excludes halogenated alkanes) is 3. The quantitative estimate of drug-likeness (QED) is 0.334. The number of carbonyl (C=O) groups excluding carboxylic acids is 1. The summed E-state index contributed by atoms with van der Waals surface area (Å²) in [5.41, 5.74) is 1.45. The Morgan fingerprint density at radius 3 is 2.54 bits per heavy atom. The van der Waals surface area contributed by atoms with Crippen LogP contribution in [0.15, 0.2) is 18.2 Å². The largest absolute Gasteiger partial charge is 0.365 e. The first-order chi connectivity index (χ1) is 12.2. The zero-order chi connectivity index (χ0) is 19.7. The van der Waals surface area contributed by atoms with E-state index in [0.717, 1.165) is 31.2 Å². The summed E-state index contributed by atoms with van der Waals surface area (Å²) in [4.78, 5) is 14.2. The first kappa shape index (κ1) is 22.3. The van der Waals surface area contributed by atoms with Gasteiger partial charge in [0.1, 0.15) is 0 Å². The molecule has 7 nitrogen and oxygen atoms in total. The van der Waals surface area contributed by atoms with E-state index in [-0.39, 0.29) is 18.0 Å². The predicted octanol–water partition coefficient (Wildman–Crippen LogP) is 2.67. The third kappa shape index (κ3) is 7.67. The van der Waals surface area contributed by atoms with Crippen LogP contribution in [0.3, 0.4) is 0 Å². The highest BCUT2D eigenvalue weighted by molar-refractivity contribution is 7.87. The fourth-order valence-electron chi connectivity index (χ4n) is 2.51. The molecule has 0 aliphatic rings. The first-order valence-corrected chi connectivity index (χ1v) is 10.4. The molecule has 0 saturated carbocycles. The van der Waals surface area contributed by atoms with E-state index in [1.807, 2.05) is 4.72 Å². The van der Waals surface area contributed by atoms with Gasteiger partial charge in [-0.2, -0.15) is 8.42 Å². The lowest BCUT2D eigenvalue weighted by Crippen LogP contribution is -2.43. The standard InChI is InChI=1S/C17H27N3O4S2/c1-4-5-6-7-10-20(17(25)18-3)16(21)12-14-9-8-13(2)11-15(14)19-26(22,23)24/h8-9,11,19H,4-7,10,12H2,1-3H3,(H,18,25)(H,22,23,24). The summed E-state index contributed by atoms with van der Waals surface area (Å²) in [5, 5.41) is 3.16. The van der Waals surface area contributed by atoms with E-state index in [2.05, 4.69) is 12.2 Å². The summed E-state index contributed by atoms with van der Waals surface area (Å²) >= 11 is 5.23. The Labute approximate surface area is 161 Å². The monoisotopic (exact) mass is 401 g/mol. The molecular weight excluding hydrogens is 374 g/mol. The van der Waals surface area contributed by atoms with Gasteiger partial charge in [-0.25, -0.2) is 0 Å². The number of hydrogen-bond donors (Lipinski definition) is 3. The molecule has 1 aromatic carbocycles. The van der Waals surface area contributed by atoms with Crippen LogP contribution in [0, 0.1) is 6.92 Å². The second kappa shape index (κ2) is 10.4. The number of nitrogens with zero attached hydrogens (tertiary/aromatic N) is 1. The van der Waals surface area contributed by atoms with Gasteiger partial charge in [0.05, 0.1) is 12.1 Å². The van der Waals surface area contributed by atoms with Gasteiger partial charge in [0, 0.05) is 13.6 Å². The van der Waals surface area contributed by atoms with Gasteiger partial charge in [-0.3, -0.25) is 19.0 Å². The summed E-state index contributed by atoms with van der Waals surface area (Å²) in [6.07, 6.45) is 4.00. The highest BCUT2D eigenvalue weighted by Crippen LogP contribution is 2.20. The van der Waals surface area contributed by atoms with Gasteiger partial charge in [0.25, 0.3) is 0 Å². The van der Waals surface area contributed by atoms with Crippen LogP contribution in [0.4, 0.5) is 5.69 Å². The maximum Gasteiger partial charge on any atom is 0.357 e. The third-order valence-corrected chi connectivity index (χ3v) is 4.74. The van der Waals surface area contributed by atoms with Gasteiger partial charge in [-0.15, -0.1) is 0 Å². The predicted molar refractivity (Wildman–Crippen MR) is 108 cm³/mol. The maximum atomic E-state index is 12.7. The van der Waals surface area contributed by atoms with Gasteiger partial charge < -0.3 is 5.32 Å². The molecule has 3 N–H and O–H groups in total. The topological polar surface area (TPSA) is 98.7 Å². The van der Waals surface area contributed by atoms with Gasteiger partial charge in [-0.05, 0) is 42.8 Å². The molecule has 0 unspecified atom stereocenters. The highest BCUT2D eigenvalue weighted by atomic mass is 32.2. The van der Waals surface area contributed by atoms with Crippen molar-refractivity contribution in [1.82, 2.24) is 10.2 Å². The van der Waals surface area contributed by atoms with Crippen molar-refractivity contribution < 1.29 is 17.8 Å².